The summed E-state index contributed by atoms with van der Waals surface area (Å²) in [7, 11) is 1.20. The molecule has 0 bridgehead atoms. The summed E-state index contributed by atoms with van der Waals surface area (Å²) in [5.41, 5.74) is -3.20. The average Bonchev–Trinajstić information content (AvgIpc) is 3.17. The number of ether oxygens (including phenoxy) is 2. The lowest BCUT2D eigenvalue weighted by atomic mass is 10.2. The van der Waals surface area contributed by atoms with Crippen molar-refractivity contribution < 1.29 is 31.4 Å². The zero-order chi connectivity index (χ0) is 23.0. The standard InChI is InChI=1S/C18H12ClF5N4O3/c1-3-8-4-5-9(6-10(8)19)31-13-14(17(20,21)18(22,23)24)26-15(27-16(13)29)12-11(30-2)7-25-28-12/h3-7H,1H2,2H3,(H,25,28)(H,26,27,29). The van der Waals surface area contributed by atoms with Gasteiger partial charge in [0.2, 0.25) is 5.75 Å². The highest BCUT2D eigenvalue weighted by Crippen LogP contribution is 2.46. The maximum Gasteiger partial charge on any atom is 0.459 e. The molecule has 1 aromatic carbocycles. The minimum absolute atomic E-state index is 0.0510. The SMILES string of the molecule is C=Cc1ccc(Oc2c(C(F)(F)C(F)(F)F)nc(-c3n[nH]cc3OC)[nH]c2=O)cc1Cl. The van der Waals surface area contributed by atoms with Crippen molar-refractivity contribution in [3.63, 3.8) is 0 Å². The Morgan fingerprint density at radius 2 is 1.94 bits per heavy atom. The number of aromatic amines is 2. The fourth-order valence-corrected chi connectivity index (χ4v) is 2.72. The Morgan fingerprint density at radius 1 is 1.23 bits per heavy atom. The van der Waals surface area contributed by atoms with Crippen LogP contribution in [0.2, 0.25) is 5.02 Å². The predicted molar refractivity (Wildman–Crippen MR) is 101 cm³/mol. The van der Waals surface area contributed by atoms with Crippen LogP contribution in [0.3, 0.4) is 0 Å². The number of hydrogen-bond donors (Lipinski definition) is 2. The van der Waals surface area contributed by atoms with Gasteiger partial charge in [-0.05, 0) is 17.7 Å². The molecule has 0 unspecified atom stereocenters. The number of hydrogen-bond acceptors (Lipinski definition) is 5. The summed E-state index contributed by atoms with van der Waals surface area (Å²) >= 11 is 5.96. The van der Waals surface area contributed by atoms with Gasteiger partial charge in [-0.25, -0.2) is 4.98 Å². The highest BCUT2D eigenvalue weighted by atomic mass is 35.5. The van der Waals surface area contributed by atoms with Crippen molar-refractivity contribution in [1.82, 2.24) is 20.2 Å². The van der Waals surface area contributed by atoms with Crippen molar-refractivity contribution in [3.8, 4) is 28.8 Å². The molecule has 2 aromatic heterocycles. The van der Waals surface area contributed by atoms with Crippen molar-refractivity contribution >= 4 is 17.7 Å². The number of halogens is 6. The van der Waals surface area contributed by atoms with Gasteiger partial charge in [-0.2, -0.15) is 27.1 Å². The van der Waals surface area contributed by atoms with Crippen molar-refractivity contribution in [2.24, 2.45) is 0 Å². The molecule has 0 saturated carbocycles. The maximum absolute atomic E-state index is 14.3. The van der Waals surface area contributed by atoms with Gasteiger partial charge >= 0.3 is 12.1 Å². The van der Waals surface area contributed by atoms with Gasteiger partial charge in [0.1, 0.15) is 5.75 Å². The predicted octanol–water partition coefficient (Wildman–Crippen LogP) is 4.91. The van der Waals surface area contributed by atoms with Gasteiger partial charge in [-0.1, -0.05) is 24.3 Å². The van der Waals surface area contributed by atoms with Crippen LogP contribution in [-0.2, 0) is 5.92 Å². The van der Waals surface area contributed by atoms with E-state index in [1.54, 1.807) is 0 Å². The number of nitrogens with one attached hydrogen (secondary N) is 2. The van der Waals surface area contributed by atoms with E-state index in [-0.39, 0.29) is 22.2 Å². The van der Waals surface area contributed by atoms with Crippen LogP contribution < -0.4 is 15.0 Å². The zero-order valence-corrected chi connectivity index (χ0v) is 16.2. The molecule has 0 amide bonds. The molecule has 2 heterocycles. The summed E-state index contributed by atoms with van der Waals surface area (Å²) in [4.78, 5) is 17.9. The number of benzene rings is 1. The molecular formula is C18H12ClF5N4O3. The summed E-state index contributed by atoms with van der Waals surface area (Å²) in [5.74, 6) is -7.89. The molecule has 0 spiro atoms. The number of methoxy groups -OCH3 is 1. The van der Waals surface area contributed by atoms with E-state index in [0.29, 0.717) is 5.56 Å². The van der Waals surface area contributed by atoms with Gasteiger partial charge in [0, 0.05) is 6.07 Å². The minimum Gasteiger partial charge on any atom is -0.493 e. The van der Waals surface area contributed by atoms with Crippen LogP contribution in [0.15, 0.2) is 35.8 Å². The Bertz CT molecular complexity index is 1190. The van der Waals surface area contributed by atoms with Crippen molar-refractivity contribution in [1.29, 1.82) is 0 Å². The first-order chi connectivity index (χ1) is 14.5. The van der Waals surface area contributed by atoms with Gasteiger partial charge < -0.3 is 14.5 Å². The van der Waals surface area contributed by atoms with Gasteiger partial charge in [-0.3, -0.25) is 9.89 Å². The molecule has 0 saturated heterocycles. The molecule has 13 heteroatoms. The Morgan fingerprint density at radius 3 is 2.52 bits per heavy atom. The summed E-state index contributed by atoms with van der Waals surface area (Å²) in [5, 5.41) is 6.05. The topological polar surface area (TPSA) is 92.9 Å². The maximum atomic E-state index is 14.3. The molecule has 164 valence electrons. The molecule has 0 radical (unpaired) electrons. The average molecular weight is 463 g/mol. The molecule has 31 heavy (non-hydrogen) atoms. The van der Waals surface area contributed by atoms with Crippen LogP contribution in [0.25, 0.3) is 17.6 Å². The van der Waals surface area contributed by atoms with Crippen molar-refractivity contribution in [3.05, 3.63) is 57.6 Å². The first-order valence-corrected chi connectivity index (χ1v) is 8.64. The third kappa shape index (κ3) is 4.10. The summed E-state index contributed by atoms with van der Waals surface area (Å²) in [6, 6.07) is 3.71. The van der Waals surface area contributed by atoms with Crippen LogP contribution in [0.1, 0.15) is 11.3 Å². The third-order valence-electron chi connectivity index (χ3n) is 3.99. The lowest BCUT2D eigenvalue weighted by molar-refractivity contribution is -0.291. The van der Waals surface area contributed by atoms with Gasteiger partial charge in [0.15, 0.2) is 23.0 Å². The van der Waals surface area contributed by atoms with E-state index < -0.39 is 34.9 Å². The molecule has 0 atom stereocenters. The van der Waals surface area contributed by atoms with Crippen LogP contribution >= 0.6 is 11.6 Å². The van der Waals surface area contributed by atoms with E-state index in [1.807, 2.05) is 0 Å². The summed E-state index contributed by atoms with van der Waals surface area (Å²) in [6.07, 6.45) is -3.50. The van der Waals surface area contributed by atoms with Crippen LogP contribution in [0.5, 0.6) is 17.2 Å². The second-order valence-corrected chi connectivity index (χ2v) is 6.36. The Labute approximate surface area is 175 Å². The first kappa shape index (κ1) is 22.3. The molecule has 0 aliphatic rings. The molecule has 3 rings (SSSR count). The molecule has 0 fully saturated rings. The Balaban J connectivity index is 2.22. The second-order valence-electron chi connectivity index (χ2n) is 5.96. The van der Waals surface area contributed by atoms with E-state index in [9.17, 15) is 26.7 Å². The van der Waals surface area contributed by atoms with Gasteiger partial charge in [0.25, 0.3) is 5.56 Å². The number of H-pyrrole nitrogens is 2. The molecule has 2 N–H and O–H groups in total. The Hall–Kier alpha value is -3.41. The van der Waals surface area contributed by atoms with Crippen molar-refractivity contribution in [2.75, 3.05) is 7.11 Å². The third-order valence-corrected chi connectivity index (χ3v) is 4.32. The summed E-state index contributed by atoms with van der Waals surface area (Å²) < 4.78 is 77.9. The monoisotopic (exact) mass is 462 g/mol. The number of aromatic nitrogens is 4. The van der Waals surface area contributed by atoms with E-state index in [4.69, 9.17) is 21.1 Å². The van der Waals surface area contributed by atoms with E-state index >= 15 is 0 Å². The van der Waals surface area contributed by atoms with Crippen LogP contribution in [0.4, 0.5) is 22.0 Å². The molecule has 0 aliphatic carbocycles. The highest BCUT2D eigenvalue weighted by Gasteiger charge is 2.62. The lowest BCUT2D eigenvalue weighted by Crippen LogP contribution is -2.36. The highest BCUT2D eigenvalue weighted by molar-refractivity contribution is 6.32. The van der Waals surface area contributed by atoms with Gasteiger partial charge in [-0.15, -0.1) is 0 Å². The molecule has 7 nitrogen and oxygen atoms in total. The lowest BCUT2D eigenvalue weighted by Gasteiger charge is -2.21. The van der Waals surface area contributed by atoms with Gasteiger partial charge in [0.05, 0.1) is 18.3 Å². The van der Waals surface area contributed by atoms with Crippen LogP contribution in [-0.4, -0.2) is 33.5 Å². The van der Waals surface area contributed by atoms with Crippen molar-refractivity contribution in [2.45, 2.75) is 12.1 Å². The Kier molecular flexibility index (Phi) is 5.77. The number of alkyl halides is 5. The number of rotatable bonds is 6. The fourth-order valence-electron chi connectivity index (χ4n) is 2.48. The normalized spacial score (nSPS) is 12.0. The molecule has 3 aromatic rings. The molecular weight excluding hydrogens is 451 g/mol. The van der Waals surface area contributed by atoms with E-state index in [0.717, 1.165) is 6.07 Å². The van der Waals surface area contributed by atoms with E-state index in [1.165, 1.54) is 31.5 Å². The fraction of sp³-hybridized carbons (Fsp3) is 0.167. The second kappa shape index (κ2) is 8.02. The zero-order valence-electron chi connectivity index (χ0n) is 15.5. The summed E-state index contributed by atoms with van der Waals surface area (Å²) in [6.45, 7) is 3.51. The minimum atomic E-state index is -6.07. The smallest absolute Gasteiger partial charge is 0.459 e. The quantitative estimate of drug-likeness (QED) is 0.508. The van der Waals surface area contributed by atoms with E-state index in [2.05, 4.69) is 26.7 Å². The first-order valence-electron chi connectivity index (χ1n) is 8.27. The largest absolute Gasteiger partial charge is 0.493 e. The number of nitrogens with zero attached hydrogens (tertiary/aromatic N) is 2. The molecule has 0 aliphatic heterocycles. The van der Waals surface area contributed by atoms with Crippen LogP contribution in [0, 0.1) is 0 Å².